The van der Waals surface area contributed by atoms with Crippen LogP contribution in [0.4, 0.5) is 0 Å². The van der Waals surface area contributed by atoms with Crippen LogP contribution in [0.25, 0.3) is 0 Å². The topological polar surface area (TPSA) is 43.1 Å². The molecule has 2 atom stereocenters. The molecule has 1 saturated carbocycles. The van der Waals surface area contributed by atoms with E-state index in [1.54, 1.807) is 6.92 Å². The van der Waals surface area contributed by atoms with Crippen LogP contribution in [-0.4, -0.2) is 11.8 Å². The zero-order valence-corrected chi connectivity index (χ0v) is 7.55. The molecule has 1 fully saturated rings. The Hall–Kier alpha value is -0.370. The van der Waals surface area contributed by atoms with Crippen molar-refractivity contribution in [1.82, 2.24) is 0 Å². The number of carbonyl (C=O) groups excluding carboxylic acids is 1. The highest BCUT2D eigenvalue weighted by Gasteiger charge is 2.46. The third kappa shape index (κ3) is 2.03. The van der Waals surface area contributed by atoms with Gasteiger partial charge in [-0.15, -0.1) is 0 Å². The molecule has 2 heteroatoms. The highest BCUT2D eigenvalue weighted by Crippen LogP contribution is 2.53. The van der Waals surface area contributed by atoms with E-state index in [1.165, 1.54) is 6.42 Å². The highest BCUT2D eigenvalue weighted by atomic mass is 16.1. The molecule has 1 rings (SSSR count). The molecule has 1 unspecified atom stereocenters. The predicted molar refractivity (Wildman–Crippen MR) is 45.2 cm³/mol. The second-order valence-corrected chi connectivity index (χ2v) is 4.35. The minimum absolute atomic E-state index is 0.209. The summed E-state index contributed by atoms with van der Waals surface area (Å²) in [6, 6.07) is -0.272. The second kappa shape index (κ2) is 2.59. The van der Waals surface area contributed by atoms with Crippen molar-refractivity contribution in [2.24, 2.45) is 17.1 Å². The van der Waals surface area contributed by atoms with Gasteiger partial charge in [-0.3, -0.25) is 4.79 Å². The summed E-state index contributed by atoms with van der Waals surface area (Å²) < 4.78 is 0. The molecule has 2 N–H and O–H groups in total. The van der Waals surface area contributed by atoms with Crippen LogP contribution >= 0.6 is 0 Å². The lowest BCUT2D eigenvalue weighted by Crippen LogP contribution is -2.27. The number of rotatable bonds is 3. The number of Topliss-reactive ketones (excluding diaryl/α,β-unsaturated/α-hetero) is 1. The third-order valence-electron chi connectivity index (χ3n) is 2.67. The molecule has 0 aromatic heterocycles. The van der Waals surface area contributed by atoms with Crippen molar-refractivity contribution in [3.05, 3.63) is 0 Å². The van der Waals surface area contributed by atoms with Crippen molar-refractivity contribution in [3.8, 4) is 0 Å². The Balaban J connectivity index is 2.29. The Morgan fingerprint density at radius 3 is 2.45 bits per heavy atom. The lowest BCUT2D eigenvalue weighted by molar-refractivity contribution is -0.120. The molecule has 0 bridgehead atoms. The lowest BCUT2D eigenvalue weighted by Gasteiger charge is -2.04. The molecule has 0 spiro atoms. The molecule has 0 aliphatic heterocycles. The van der Waals surface area contributed by atoms with E-state index in [9.17, 15) is 4.79 Å². The summed E-state index contributed by atoms with van der Waals surface area (Å²) in [5.74, 6) is 0.807. The lowest BCUT2D eigenvalue weighted by atomic mass is 10.0. The van der Waals surface area contributed by atoms with Gasteiger partial charge >= 0.3 is 0 Å². The summed E-state index contributed by atoms with van der Waals surface area (Å²) in [5.41, 5.74) is 5.86. The minimum Gasteiger partial charge on any atom is -0.322 e. The van der Waals surface area contributed by atoms with Crippen LogP contribution in [0.2, 0.25) is 0 Å². The molecule has 1 aliphatic rings. The normalized spacial score (nSPS) is 29.6. The van der Waals surface area contributed by atoms with E-state index in [1.807, 2.05) is 0 Å². The molecule has 2 nitrogen and oxygen atoms in total. The number of nitrogens with two attached hydrogens (primary N) is 1. The fourth-order valence-electron chi connectivity index (χ4n) is 1.35. The largest absolute Gasteiger partial charge is 0.322 e. The number of ketones is 1. The molecule has 0 amide bonds. The highest BCUT2D eigenvalue weighted by molar-refractivity contribution is 5.83. The predicted octanol–water partition coefficient (Wildman–Crippen LogP) is 1.34. The molecule has 64 valence electrons. The first-order chi connectivity index (χ1) is 4.93. The van der Waals surface area contributed by atoms with E-state index in [-0.39, 0.29) is 11.8 Å². The van der Waals surface area contributed by atoms with E-state index in [0.29, 0.717) is 17.8 Å². The molecule has 11 heavy (non-hydrogen) atoms. The standard InChI is InChI=1S/C9H17NO/c1-6(10)8(11)4-7-5-9(7,2)3/h6-7H,4-5,10H2,1-3H3/t6-,7?/m0/s1. The number of carbonyl (C=O) groups is 1. The summed E-state index contributed by atoms with van der Waals surface area (Å²) in [5, 5.41) is 0. The molecule has 0 aromatic rings. The van der Waals surface area contributed by atoms with Gasteiger partial charge in [0.2, 0.25) is 0 Å². The second-order valence-electron chi connectivity index (χ2n) is 4.35. The summed E-state index contributed by atoms with van der Waals surface area (Å²) in [6.07, 6.45) is 1.87. The SMILES string of the molecule is C[C@H](N)C(=O)CC1CC1(C)C. The monoisotopic (exact) mass is 155 g/mol. The van der Waals surface area contributed by atoms with Gasteiger partial charge in [0.1, 0.15) is 5.78 Å². The summed E-state index contributed by atoms with van der Waals surface area (Å²) in [7, 11) is 0. The maximum atomic E-state index is 11.2. The molecule has 0 aromatic carbocycles. The van der Waals surface area contributed by atoms with Crippen LogP contribution in [0.1, 0.15) is 33.6 Å². The molecule has 0 heterocycles. The smallest absolute Gasteiger partial charge is 0.149 e. The number of hydrogen-bond acceptors (Lipinski definition) is 2. The fraction of sp³-hybridized carbons (Fsp3) is 0.889. The zero-order chi connectivity index (χ0) is 8.65. The average Bonchev–Trinajstić information content (AvgIpc) is 2.39. The third-order valence-corrected chi connectivity index (χ3v) is 2.67. The maximum absolute atomic E-state index is 11.2. The fourth-order valence-corrected chi connectivity index (χ4v) is 1.35. The molecular formula is C9H17NO. The Labute approximate surface area is 68.2 Å². The summed E-state index contributed by atoms with van der Waals surface area (Å²) in [4.78, 5) is 11.2. The quantitative estimate of drug-likeness (QED) is 0.668. The van der Waals surface area contributed by atoms with E-state index < -0.39 is 0 Å². The van der Waals surface area contributed by atoms with Crippen LogP contribution < -0.4 is 5.73 Å². The van der Waals surface area contributed by atoms with Gasteiger partial charge in [-0.25, -0.2) is 0 Å². The van der Waals surface area contributed by atoms with E-state index >= 15 is 0 Å². The average molecular weight is 155 g/mol. The Bertz CT molecular complexity index is 172. The zero-order valence-electron chi connectivity index (χ0n) is 7.55. The molecule has 0 radical (unpaired) electrons. The van der Waals surface area contributed by atoms with E-state index in [2.05, 4.69) is 13.8 Å². The van der Waals surface area contributed by atoms with Crippen molar-refractivity contribution < 1.29 is 4.79 Å². The summed E-state index contributed by atoms with van der Waals surface area (Å²) >= 11 is 0. The Kier molecular flexibility index (Phi) is 2.06. The first-order valence-electron chi connectivity index (χ1n) is 4.22. The minimum atomic E-state index is -0.272. The van der Waals surface area contributed by atoms with E-state index in [4.69, 9.17) is 5.73 Å². The van der Waals surface area contributed by atoms with Crippen LogP contribution in [0.15, 0.2) is 0 Å². The van der Waals surface area contributed by atoms with Gasteiger partial charge in [0.25, 0.3) is 0 Å². The van der Waals surface area contributed by atoms with Gasteiger partial charge in [0, 0.05) is 6.42 Å². The first-order valence-corrected chi connectivity index (χ1v) is 4.22. The van der Waals surface area contributed by atoms with Crippen molar-refractivity contribution in [3.63, 3.8) is 0 Å². The first kappa shape index (κ1) is 8.72. The number of hydrogen-bond donors (Lipinski definition) is 1. The Morgan fingerprint density at radius 1 is 1.73 bits per heavy atom. The molecular weight excluding hydrogens is 138 g/mol. The van der Waals surface area contributed by atoms with Crippen molar-refractivity contribution in [2.45, 2.75) is 39.7 Å². The van der Waals surface area contributed by atoms with E-state index in [0.717, 1.165) is 0 Å². The van der Waals surface area contributed by atoms with Crippen LogP contribution in [-0.2, 0) is 4.79 Å². The van der Waals surface area contributed by atoms with Crippen LogP contribution in [0, 0.1) is 11.3 Å². The molecule has 1 aliphatic carbocycles. The van der Waals surface area contributed by atoms with Gasteiger partial charge in [0.05, 0.1) is 6.04 Å². The van der Waals surface area contributed by atoms with Crippen molar-refractivity contribution >= 4 is 5.78 Å². The van der Waals surface area contributed by atoms with Crippen LogP contribution in [0.3, 0.4) is 0 Å². The van der Waals surface area contributed by atoms with Gasteiger partial charge in [0.15, 0.2) is 0 Å². The Morgan fingerprint density at radius 2 is 2.18 bits per heavy atom. The van der Waals surface area contributed by atoms with Crippen LogP contribution in [0.5, 0.6) is 0 Å². The van der Waals surface area contributed by atoms with Gasteiger partial charge in [-0.1, -0.05) is 13.8 Å². The molecule has 0 saturated heterocycles. The van der Waals surface area contributed by atoms with Crippen molar-refractivity contribution in [2.75, 3.05) is 0 Å². The van der Waals surface area contributed by atoms with Gasteiger partial charge < -0.3 is 5.73 Å². The van der Waals surface area contributed by atoms with Gasteiger partial charge in [-0.05, 0) is 24.7 Å². The van der Waals surface area contributed by atoms with Gasteiger partial charge in [-0.2, -0.15) is 0 Å². The maximum Gasteiger partial charge on any atom is 0.149 e. The van der Waals surface area contributed by atoms with Crippen molar-refractivity contribution in [1.29, 1.82) is 0 Å². The summed E-state index contributed by atoms with van der Waals surface area (Å²) in [6.45, 7) is 6.16.